The van der Waals surface area contributed by atoms with E-state index >= 15 is 0 Å². The van der Waals surface area contributed by atoms with Crippen LogP contribution in [-0.2, 0) is 21.7 Å². The van der Waals surface area contributed by atoms with Gasteiger partial charge < -0.3 is 19.7 Å². The smallest absolute Gasteiger partial charge is 0.252 e. The van der Waals surface area contributed by atoms with Crippen LogP contribution in [0.15, 0.2) is 24.3 Å². The number of hydrogen-bond donors (Lipinski definition) is 2. The van der Waals surface area contributed by atoms with Gasteiger partial charge in [0.15, 0.2) is 0 Å². The van der Waals surface area contributed by atoms with Gasteiger partial charge in [0.2, 0.25) is 0 Å². The van der Waals surface area contributed by atoms with Crippen molar-refractivity contribution in [1.82, 2.24) is 0 Å². The molecule has 0 fully saturated rings. The minimum absolute atomic E-state index is 0.172. The molecule has 0 unspecified atom stereocenters. The topological polar surface area (TPSA) is 58.9 Å². The van der Waals surface area contributed by atoms with E-state index in [4.69, 9.17) is 9.47 Å². The van der Waals surface area contributed by atoms with Gasteiger partial charge in [0.05, 0.1) is 0 Å². The number of aromatic hydroxyl groups is 2. The van der Waals surface area contributed by atoms with Gasteiger partial charge in [-0.15, -0.1) is 0 Å². The number of ether oxygens (including phenoxy) is 2. The fourth-order valence-corrected chi connectivity index (χ4v) is 5.73. The van der Waals surface area contributed by atoms with E-state index in [1.54, 1.807) is 12.1 Å². The molecule has 0 amide bonds. The molecule has 4 nitrogen and oxygen atoms in total. The van der Waals surface area contributed by atoms with Gasteiger partial charge in [0.25, 0.3) is 5.79 Å². The van der Waals surface area contributed by atoms with Crippen LogP contribution in [0.25, 0.3) is 0 Å². The molecule has 2 aliphatic rings. The van der Waals surface area contributed by atoms with Crippen LogP contribution < -0.4 is 9.47 Å². The van der Waals surface area contributed by atoms with Crippen LogP contribution in [0.2, 0.25) is 0 Å². The molecule has 0 saturated heterocycles. The molecule has 180 valence electrons. The maximum atomic E-state index is 10.8. The van der Waals surface area contributed by atoms with Gasteiger partial charge in [-0.3, -0.25) is 0 Å². The molecule has 2 aromatic rings. The molecule has 2 heterocycles. The van der Waals surface area contributed by atoms with E-state index < -0.39 is 5.79 Å². The Morgan fingerprint density at radius 2 is 0.970 bits per heavy atom. The van der Waals surface area contributed by atoms with Crippen LogP contribution in [-0.4, -0.2) is 16.0 Å². The Morgan fingerprint density at radius 1 is 0.636 bits per heavy atom. The maximum absolute atomic E-state index is 10.8. The lowest BCUT2D eigenvalue weighted by molar-refractivity contribution is -0.166. The zero-order valence-corrected chi connectivity index (χ0v) is 21.9. The predicted molar refractivity (Wildman–Crippen MR) is 133 cm³/mol. The average molecular weight is 453 g/mol. The van der Waals surface area contributed by atoms with E-state index in [0.717, 1.165) is 22.3 Å². The zero-order chi connectivity index (χ0) is 24.8. The molecule has 4 heteroatoms. The lowest BCUT2D eigenvalue weighted by Gasteiger charge is -2.51. The fourth-order valence-electron chi connectivity index (χ4n) is 5.73. The largest absolute Gasteiger partial charge is 0.508 e. The van der Waals surface area contributed by atoms with Crippen LogP contribution >= 0.6 is 0 Å². The van der Waals surface area contributed by atoms with Gasteiger partial charge in [0, 0.05) is 46.9 Å². The number of fused-ring (bicyclic) bond motifs is 2. The van der Waals surface area contributed by atoms with Crippen LogP contribution in [0.5, 0.6) is 23.0 Å². The summed E-state index contributed by atoms with van der Waals surface area (Å²) in [6.07, 6.45) is 1.35. The Morgan fingerprint density at radius 3 is 1.27 bits per heavy atom. The van der Waals surface area contributed by atoms with Gasteiger partial charge in [-0.1, -0.05) is 69.2 Å². The minimum Gasteiger partial charge on any atom is -0.508 e. The summed E-state index contributed by atoms with van der Waals surface area (Å²) in [5.74, 6) is 0.963. The van der Waals surface area contributed by atoms with Gasteiger partial charge >= 0.3 is 0 Å². The van der Waals surface area contributed by atoms with Crippen molar-refractivity contribution in [2.45, 2.75) is 110 Å². The van der Waals surface area contributed by atoms with Gasteiger partial charge in [-0.2, -0.15) is 0 Å². The van der Waals surface area contributed by atoms with E-state index in [1.807, 2.05) is 0 Å². The van der Waals surface area contributed by atoms with Crippen molar-refractivity contribution in [1.29, 1.82) is 0 Å². The molecule has 2 aromatic carbocycles. The summed E-state index contributed by atoms with van der Waals surface area (Å²) in [5.41, 5.74) is 3.24. The highest BCUT2D eigenvalue weighted by Gasteiger charge is 2.53. The number of phenolic OH excluding ortho intramolecular Hbond substituents is 2. The second-order valence-electron chi connectivity index (χ2n) is 13.5. The van der Waals surface area contributed by atoms with E-state index in [-0.39, 0.29) is 33.2 Å². The monoisotopic (exact) mass is 452 g/mol. The maximum Gasteiger partial charge on any atom is 0.252 e. The van der Waals surface area contributed by atoms with Crippen LogP contribution in [0.3, 0.4) is 0 Å². The summed E-state index contributed by atoms with van der Waals surface area (Å²) >= 11 is 0. The molecule has 4 rings (SSSR count). The average Bonchev–Trinajstić information content (AvgIpc) is 2.56. The van der Waals surface area contributed by atoms with Gasteiger partial charge in [0.1, 0.15) is 23.0 Å². The third-order valence-electron chi connectivity index (χ3n) is 7.28. The van der Waals surface area contributed by atoms with Gasteiger partial charge in [-0.05, 0) is 34.1 Å². The zero-order valence-electron chi connectivity index (χ0n) is 21.9. The molecule has 2 N–H and O–H groups in total. The second-order valence-corrected chi connectivity index (χ2v) is 13.5. The first kappa shape index (κ1) is 23.8. The highest BCUT2D eigenvalue weighted by molar-refractivity contribution is 5.55. The van der Waals surface area contributed by atoms with Crippen molar-refractivity contribution in [2.24, 2.45) is 0 Å². The minimum atomic E-state index is -0.877. The summed E-state index contributed by atoms with van der Waals surface area (Å²) in [6, 6.07) is 7.71. The summed E-state index contributed by atoms with van der Waals surface area (Å²) in [7, 11) is 0. The van der Waals surface area contributed by atoms with Crippen LogP contribution in [0.4, 0.5) is 0 Å². The summed E-state index contributed by atoms with van der Waals surface area (Å²) in [6.45, 7) is 21.5. The van der Waals surface area contributed by atoms with Crippen molar-refractivity contribution in [3.63, 3.8) is 0 Å². The van der Waals surface area contributed by atoms with E-state index in [9.17, 15) is 10.2 Å². The Labute approximate surface area is 198 Å². The lowest BCUT2D eigenvalue weighted by Crippen LogP contribution is -2.55. The Kier molecular flexibility index (Phi) is 4.93. The molecule has 0 radical (unpaired) electrons. The molecular formula is C29H40O4. The molecule has 33 heavy (non-hydrogen) atoms. The fraction of sp³-hybridized carbons (Fsp3) is 0.586. The van der Waals surface area contributed by atoms with Crippen LogP contribution in [0.1, 0.15) is 104 Å². The quantitative estimate of drug-likeness (QED) is 0.443. The number of rotatable bonds is 0. The number of hydrogen-bond acceptors (Lipinski definition) is 4. The first-order chi connectivity index (χ1) is 14.8. The SMILES string of the molecule is CC(C)(C)c1cc2c(cc1O)OC1(CC2(C)C)CC(C)(C)c2cc(C(C)(C)C)c(O)cc2O1. The summed E-state index contributed by atoms with van der Waals surface area (Å²) < 4.78 is 13.2. The molecule has 0 atom stereocenters. The summed E-state index contributed by atoms with van der Waals surface area (Å²) in [4.78, 5) is 0. The van der Waals surface area contributed by atoms with Crippen molar-refractivity contribution in [3.05, 3.63) is 46.5 Å². The Bertz CT molecular complexity index is 1020. The number of benzene rings is 2. The number of phenols is 2. The first-order valence-electron chi connectivity index (χ1n) is 12.0. The molecular weight excluding hydrogens is 412 g/mol. The molecule has 0 bridgehead atoms. The van der Waals surface area contributed by atoms with E-state index in [2.05, 4.69) is 81.4 Å². The highest BCUT2D eigenvalue weighted by Crippen LogP contribution is 2.56. The predicted octanol–water partition coefficient (Wildman–Crippen LogP) is 7.21. The highest BCUT2D eigenvalue weighted by atomic mass is 16.7. The van der Waals surface area contributed by atoms with E-state index in [1.165, 1.54) is 0 Å². The van der Waals surface area contributed by atoms with E-state index in [0.29, 0.717) is 24.3 Å². The molecule has 1 spiro atoms. The third kappa shape index (κ3) is 3.96. The normalized spacial score (nSPS) is 20.4. The van der Waals surface area contributed by atoms with Crippen LogP contribution in [0, 0.1) is 0 Å². The van der Waals surface area contributed by atoms with Crippen molar-refractivity contribution < 1.29 is 19.7 Å². The molecule has 0 saturated carbocycles. The van der Waals surface area contributed by atoms with Crippen molar-refractivity contribution >= 4 is 0 Å². The van der Waals surface area contributed by atoms with Gasteiger partial charge in [-0.25, -0.2) is 0 Å². The lowest BCUT2D eigenvalue weighted by atomic mass is 9.68. The molecule has 0 aromatic heterocycles. The first-order valence-corrected chi connectivity index (χ1v) is 12.0. The standard InChI is InChI=1S/C29H40O4/c1-25(2,3)17-11-19-23(13-21(17)30)32-29(15-27(19,7)8)16-28(9,10)20-12-18(26(4,5)6)22(31)14-24(20)33-29/h11-14,30-31H,15-16H2,1-10H3. The third-order valence-corrected chi connectivity index (χ3v) is 7.28. The second kappa shape index (κ2) is 6.84. The molecule has 2 aliphatic heterocycles. The van der Waals surface area contributed by atoms with Crippen molar-refractivity contribution in [3.8, 4) is 23.0 Å². The molecule has 0 aliphatic carbocycles. The summed E-state index contributed by atoms with van der Waals surface area (Å²) in [5, 5.41) is 21.6. The Hall–Kier alpha value is -2.36. The Balaban J connectivity index is 1.83. The van der Waals surface area contributed by atoms with Crippen molar-refractivity contribution in [2.75, 3.05) is 0 Å².